The lowest BCUT2D eigenvalue weighted by molar-refractivity contribution is -0.438. The number of carboxylic acid groups (broad SMARTS) is 1. The molecule has 2 bridgehead atoms. The Kier molecular flexibility index (Phi) is 16.6. The molecule has 0 fully saturated rings. The van der Waals surface area contributed by atoms with Crippen molar-refractivity contribution in [1.82, 2.24) is 10.6 Å². The Bertz CT molecular complexity index is 2930. The zero-order valence-electron chi connectivity index (χ0n) is 41.1. The molecule has 5 N–H and O–H groups in total. The summed E-state index contributed by atoms with van der Waals surface area (Å²) in [6.07, 6.45) is 15.8. The molecule has 71 heavy (non-hydrogen) atoms. The number of rotatable bonds is 8. The second-order valence-electron chi connectivity index (χ2n) is 19.7. The van der Waals surface area contributed by atoms with Crippen LogP contribution in [0, 0.1) is 6.92 Å². The predicted molar refractivity (Wildman–Crippen MR) is 274 cm³/mol. The van der Waals surface area contributed by atoms with Gasteiger partial charge in [-0.05, 0) is 156 Å². The standard InChI is InChI=1S/C54H66N4O11S2/c1-37-17-25-45-43(35-37)53(2,3)47-27-20-38-13-11-14-39(51(38)69-41-22-18-40(19-23-41)52(61)62)21-28-48-54(4,44-36-42(71(66,67)68)24-26-46(44)58(48)33-12-34-70(63,64)65)29-9-5-7-15-49(59)55-30-31-56-50(60)16-8-6-10-32-57(45)47/h17-28,35-36H,5-16,29-34H2,1-4H3,(H4-,55,56,59,60,61,62,63,64,65,66,67,68)/p+1. The first kappa shape index (κ1) is 52.9. The zero-order valence-corrected chi connectivity index (χ0v) is 42.8. The lowest BCUT2D eigenvalue weighted by Crippen LogP contribution is -2.34. The maximum Gasteiger partial charge on any atom is 0.335 e. The number of nitrogens with zero attached hydrogens (tertiary/aromatic N) is 2. The van der Waals surface area contributed by atoms with Crippen LogP contribution in [0.5, 0.6) is 5.75 Å². The summed E-state index contributed by atoms with van der Waals surface area (Å²) in [4.78, 5) is 39.1. The van der Waals surface area contributed by atoms with E-state index in [-0.39, 0.29) is 47.1 Å². The van der Waals surface area contributed by atoms with Gasteiger partial charge < -0.3 is 25.4 Å². The molecule has 380 valence electrons. The lowest BCUT2D eigenvalue weighted by atomic mass is 9.77. The van der Waals surface area contributed by atoms with Crippen LogP contribution in [0.15, 0.2) is 112 Å². The Hall–Kier alpha value is -5.88. The number of aromatic carboxylic acids is 1. The van der Waals surface area contributed by atoms with E-state index in [1.165, 1.54) is 29.8 Å². The van der Waals surface area contributed by atoms with E-state index in [1.54, 1.807) is 18.2 Å². The van der Waals surface area contributed by atoms with Gasteiger partial charge in [0.1, 0.15) is 18.1 Å². The van der Waals surface area contributed by atoms with Crippen molar-refractivity contribution in [1.29, 1.82) is 0 Å². The average molecular weight is 1010 g/mol. The number of carbonyl (C=O) groups is 3. The van der Waals surface area contributed by atoms with Gasteiger partial charge in [0, 0.05) is 73.4 Å². The summed E-state index contributed by atoms with van der Waals surface area (Å²) in [5, 5.41) is 15.5. The number of allylic oxidation sites excluding steroid dienone is 7. The minimum atomic E-state index is -4.62. The molecule has 3 aliphatic heterocycles. The number of carboxylic acids is 1. The third kappa shape index (κ3) is 12.8. The molecule has 0 saturated heterocycles. The van der Waals surface area contributed by atoms with Crippen molar-refractivity contribution in [3.63, 3.8) is 0 Å². The number of anilines is 1. The van der Waals surface area contributed by atoms with Crippen LogP contribution in [-0.2, 0) is 40.7 Å². The van der Waals surface area contributed by atoms with Crippen LogP contribution in [0.3, 0.4) is 0 Å². The van der Waals surface area contributed by atoms with Crippen LogP contribution in [0.2, 0.25) is 0 Å². The number of fused-ring (bicyclic) bond motifs is 6. The normalized spacial score (nSPS) is 22.8. The van der Waals surface area contributed by atoms with Gasteiger partial charge in [0.25, 0.3) is 20.2 Å². The quantitative estimate of drug-likeness (QED) is 0.105. The molecule has 0 spiro atoms. The molecule has 3 aromatic rings. The number of aryl methyl sites for hydroxylation is 1. The van der Waals surface area contributed by atoms with E-state index in [1.807, 2.05) is 24.0 Å². The molecule has 1 aliphatic carbocycles. The van der Waals surface area contributed by atoms with Crippen LogP contribution in [0.1, 0.15) is 131 Å². The maximum atomic E-state index is 12.9. The van der Waals surface area contributed by atoms with Crippen LogP contribution in [0.25, 0.3) is 0 Å². The van der Waals surface area contributed by atoms with E-state index in [0.717, 1.165) is 66.0 Å². The van der Waals surface area contributed by atoms with Gasteiger partial charge in [0.2, 0.25) is 17.5 Å². The van der Waals surface area contributed by atoms with E-state index in [9.17, 15) is 45.4 Å². The van der Waals surface area contributed by atoms with Gasteiger partial charge in [0.05, 0.1) is 21.6 Å². The Balaban J connectivity index is 1.38. The van der Waals surface area contributed by atoms with Gasteiger partial charge in [-0.25, -0.2) is 4.79 Å². The molecule has 3 aromatic carbocycles. The van der Waals surface area contributed by atoms with Gasteiger partial charge >= 0.3 is 5.97 Å². The van der Waals surface area contributed by atoms with Gasteiger partial charge in [-0.3, -0.25) is 18.7 Å². The molecular weight excluding hydrogens is 945 g/mol. The van der Waals surface area contributed by atoms with Crippen molar-refractivity contribution in [3.8, 4) is 5.75 Å². The van der Waals surface area contributed by atoms with E-state index >= 15 is 0 Å². The third-order valence-corrected chi connectivity index (χ3v) is 15.8. The number of benzene rings is 3. The van der Waals surface area contributed by atoms with Crippen LogP contribution < -0.4 is 20.3 Å². The van der Waals surface area contributed by atoms with Gasteiger partial charge in [-0.15, -0.1) is 0 Å². The second kappa shape index (κ2) is 22.3. The fraction of sp³-hybridized carbons (Fsp3) is 0.444. The monoisotopic (exact) mass is 1010 g/mol. The number of nitrogens with one attached hydrogen (secondary N) is 2. The number of hydrogen-bond donors (Lipinski definition) is 5. The van der Waals surface area contributed by atoms with Crippen molar-refractivity contribution in [2.24, 2.45) is 0 Å². The summed E-state index contributed by atoms with van der Waals surface area (Å²) >= 11 is 0. The van der Waals surface area contributed by atoms with Crippen LogP contribution in [0.4, 0.5) is 11.4 Å². The molecule has 0 aromatic heterocycles. The highest BCUT2D eigenvalue weighted by atomic mass is 32.2. The van der Waals surface area contributed by atoms with Crippen molar-refractivity contribution in [3.05, 3.63) is 130 Å². The zero-order chi connectivity index (χ0) is 51.1. The fourth-order valence-corrected chi connectivity index (χ4v) is 11.4. The van der Waals surface area contributed by atoms with Crippen molar-refractivity contribution >= 4 is 55.1 Å². The highest BCUT2D eigenvalue weighted by Gasteiger charge is 2.45. The third-order valence-electron chi connectivity index (χ3n) is 14.2. The Labute approximate surface area is 418 Å². The SMILES string of the molecule is Cc1ccc2c(c1)C(C)(C)C1=[N+]2CCCCCC(=O)NCCNC(=O)CCCCCC2(C)/C(=C/C=C3\CCCC(=C3Oc3ccc(C(=O)O)cc3)/C=C/1)N(CCCS(=O)(=O)O)c1ccc(S(=O)(=O)O)cc12. The first-order valence-corrected chi connectivity index (χ1v) is 27.7. The molecular formula is C54H67N4O11S2+. The molecule has 4 aliphatic rings. The number of hydrogen-bond acceptors (Lipinski definition) is 9. The molecule has 2 amide bonds. The van der Waals surface area contributed by atoms with Gasteiger partial charge in [0.15, 0.2) is 5.71 Å². The highest BCUT2D eigenvalue weighted by molar-refractivity contribution is 7.86. The minimum Gasteiger partial charge on any atom is -0.478 e. The molecule has 17 heteroatoms. The van der Waals surface area contributed by atoms with Crippen LogP contribution >= 0.6 is 0 Å². The fourth-order valence-electron chi connectivity index (χ4n) is 10.4. The van der Waals surface area contributed by atoms with E-state index in [0.29, 0.717) is 80.8 Å². The lowest BCUT2D eigenvalue weighted by Gasteiger charge is -2.31. The molecule has 0 radical (unpaired) electrons. The number of ether oxygens (including phenoxy) is 1. The van der Waals surface area contributed by atoms with Crippen molar-refractivity contribution < 1.29 is 54.7 Å². The summed E-state index contributed by atoms with van der Waals surface area (Å²) < 4.78 is 78.3. The smallest absolute Gasteiger partial charge is 0.335 e. The first-order valence-electron chi connectivity index (χ1n) is 24.6. The number of carbonyl (C=O) groups excluding carboxylic acids is 2. The minimum absolute atomic E-state index is 0.0479. The molecule has 0 saturated carbocycles. The second-order valence-corrected chi connectivity index (χ2v) is 22.7. The van der Waals surface area contributed by atoms with Crippen molar-refractivity contribution in [2.45, 2.75) is 127 Å². The van der Waals surface area contributed by atoms with E-state index in [2.05, 4.69) is 66.3 Å². The predicted octanol–water partition coefficient (Wildman–Crippen LogP) is 9.01. The van der Waals surface area contributed by atoms with Gasteiger partial charge in [-0.2, -0.15) is 21.4 Å². The van der Waals surface area contributed by atoms with Crippen LogP contribution in [-0.4, -0.2) is 91.1 Å². The molecule has 7 rings (SSSR count). The topological polar surface area (TPSA) is 220 Å². The van der Waals surface area contributed by atoms with Gasteiger partial charge in [-0.1, -0.05) is 30.5 Å². The summed E-state index contributed by atoms with van der Waals surface area (Å²) in [6, 6.07) is 17.2. The Morgan fingerprint density at radius 2 is 1.46 bits per heavy atom. The molecule has 15 nitrogen and oxygen atoms in total. The summed E-state index contributed by atoms with van der Waals surface area (Å²) in [5.74, 6) is -0.719. The van der Waals surface area contributed by atoms with E-state index < -0.39 is 37.4 Å². The summed E-state index contributed by atoms with van der Waals surface area (Å²) in [7, 11) is -8.93. The molecule has 1 unspecified atom stereocenters. The Morgan fingerprint density at radius 1 is 0.775 bits per heavy atom. The number of amides is 2. The average Bonchev–Trinajstić information content (AvgIpc) is 3.66. The van der Waals surface area contributed by atoms with Crippen molar-refractivity contribution in [2.75, 3.05) is 36.8 Å². The maximum absolute atomic E-state index is 12.9. The van der Waals surface area contributed by atoms with E-state index in [4.69, 9.17) is 4.74 Å². The summed E-state index contributed by atoms with van der Waals surface area (Å²) in [5.41, 5.74) is 7.22. The first-order chi connectivity index (χ1) is 33.7. The molecule has 1 atom stereocenters. The largest absolute Gasteiger partial charge is 0.478 e. The Morgan fingerprint density at radius 3 is 2.13 bits per heavy atom. The highest BCUT2D eigenvalue weighted by Crippen LogP contribution is 2.52. The summed E-state index contributed by atoms with van der Waals surface area (Å²) in [6.45, 7) is 10.0. The molecule has 3 heterocycles.